The second kappa shape index (κ2) is 5.88. The number of nitrogens with zero attached hydrogens (tertiary/aromatic N) is 3. The number of urea groups is 1. The van der Waals surface area contributed by atoms with Crippen LogP contribution in [0.3, 0.4) is 0 Å². The maximum atomic E-state index is 12.4. The van der Waals surface area contributed by atoms with Gasteiger partial charge in [-0.2, -0.15) is 0 Å². The largest absolute Gasteiger partial charge is 0.326 e. The number of thiazole rings is 1. The summed E-state index contributed by atoms with van der Waals surface area (Å²) in [6, 6.07) is -0.218. The zero-order valence-electron chi connectivity index (χ0n) is 12.8. The highest BCUT2D eigenvalue weighted by Gasteiger charge is 2.39. The van der Waals surface area contributed by atoms with E-state index in [4.69, 9.17) is 0 Å². The number of aromatic nitrogens is 3. The zero-order chi connectivity index (χ0) is 15.7. The standard InChI is InChI=1S/C16H19N5OS/c22-15(20-12-9-18-13(19-10-12)11-3-4-11)21-16(5-1-2-6-16)14-17-7-8-23-14/h7-11H,1-6H2,(H2,20,21,22). The van der Waals surface area contributed by atoms with Gasteiger partial charge in [-0.15, -0.1) is 11.3 Å². The summed E-state index contributed by atoms with van der Waals surface area (Å²) in [5.41, 5.74) is 0.298. The van der Waals surface area contributed by atoms with E-state index in [0.29, 0.717) is 11.6 Å². The lowest BCUT2D eigenvalue weighted by atomic mass is 9.99. The molecule has 2 aromatic heterocycles. The third kappa shape index (κ3) is 3.06. The molecule has 0 aliphatic heterocycles. The molecule has 0 radical (unpaired) electrons. The Kier molecular flexibility index (Phi) is 3.72. The molecule has 2 amide bonds. The number of amides is 2. The third-order valence-electron chi connectivity index (χ3n) is 4.52. The lowest BCUT2D eigenvalue weighted by Gasteiger charge is -2.28. The molecule has 0 unspecified atom stereocenters. The van der Waals surface area contributed by atoms with Crippen LogP contribution in [0.5, 0.6) is 0 Å². The lowest BCUT2D eigenvalue weighted by molar-refractivity contribution is 0.236. The van der Waals surface area contributed by atoms with Crippen molar-refractivity contribution >= 4 is 23.1 Å². The molecular weight excluding hydrogens is 310 g/mol. The van der Waals surface area contributed by atoms with Gasteiger partial charge in [0.15, 0.2) is 0 Å². The number of nitrogens with one attached hydrogen (secondary N) is 2. The molecule has 6 nitrogen and oxygen atoms in total. The summed E-state index contributed by atoms with van der Waals surface area (Å²) in [6.07, 6.45) is 11.6. The van der Waals surface area contributed by atoms with E-state index >= 15 is 0 Å². The molecular formula is C16H19N5OS. The summed E-state index contributed by atoms with van der Waals surface area (Å²) in [5.74, 6) is 1.40. The summed E-state index contributed by atoms with van der Waals surface area (Å²) in [5, 5.41) is 8.93. The van der Waals surface area contributed by atoms with Crippen LogP contribution < -0.4 is 10.6 Å². The molecule has 4 rings (SSSR count). The molecule has 0 spiro atoms. The van der Waals surface area contributed by atoms with Gasteiger partial charge in [0.1, 0.15) is 10.8 Å². The Morgan fingerprint density at radius 3 is 2.52 bits per heavy atom. The van der Waals surface area contributed by atoms with Crippen molar-refractivity contribution in [2.24, 2.45) is 0 Å². The average Bonchev–Trinajstić information content (AvgIpc) is 3.05. The Morgan fingerprint density at radius 1 is 1.17 bits per heavy atom. The van der Waals surface area contributed by atoms with Gasteiger partial charge in [0, 0.05) is 17.5 Å². The molecule has 2 aliphatic rings. The van der Waals surface area contributed by atoms with E-state index in [2.05, 4.69) is 25.6 Å². The lowest BCUT2D eigenvalue weighted by Crippen LogP contribution is -2.45. The first-order valence-electron chi connectivity index (χ1n) is 8.06. The Morgan fingerprint density at radius 2 is 1.91 bits per heavy atom. The van der Waals surface area contributed by atoms with E-state index in [9.17, 15) is 4.79 Å². The van der Waals surface area contributed by atoms with Crippen molar-refractivity contribution in [3.63, 3.8) is 0 Å². The van der Waals surface area contributed by atoms with Gasteiger partial charge in [-0.25, -0.2) is 19.7 Å². The molecule has 2 fully saturated rings. The highest BCUT2D eigenvalue weighted by atomic mass is 32.1. The van der Waals surface area contributed by atoms with E-state index in [1.54, 1.807) is 29.9 Å². The molecule has 2 saturated carbocycles. The van der Waals surface area contributed by atoms with E-state index in [-0.39, 0.29) is 11.6 Å². The van der Waals surface area contributed by atoms with Gasteiger partial charge in [-0.1, -0.05) is 12.8 Å². The van der Waals surface area contributed by atoms with Crippen molar-refractivity contribution in [2.45, 2.75) is 50.0 Å². The van der Waals surface area contributed by atoms with Crippen LogP contribution >= 0.6 is 11.3 Å². The zero-order valence-corrected chi connectivity index (χ0v) is 13.6. The maximum Gasteiger partial charge on any atom is 0.320 e. The summed E-state index contributed by atoms with van der Waals surface area (Å²) in [7, 11) is 0. The Bertz CT molecular complexity index is 675. The molecule has 0 atom stereocenters. The predicted molar refractivity (Wildman–Crippen MR) is 88.4 cm³/mol. The normalized spacial score (nSPS) is 19.5. The third-order valence-corrected chi connectivity index (χ3v) is 5.50. The number of carbonyl (C=O) groups is 1. The fourth-order valence-corrected chi connectivity index (χ4v) is 4.02. The van der Waals surface area contributed by atoms with Crippen LogP contribution in [0.15, 0.2) is 24.0 Å². The number of hydrogen-bond donors (Lipinski definition) is 2. The molecule has 120 valence electrons. The smallest absolute Gasteiger partial charge is 0.320 e. The van der Waals surface area contributed by atoms with Crippen LogP contribution in [0.1, 0.15) is 55.3 Å². The number of hydrogen-bond acceptors (Lipinski definition) is 5. The monoisotopic (exact) mass is 329 g/mol. The van der Waals surface area contributed by atoms with Gasteiger partial charge in [-0.3, -0.25) is 0 Å². The van der Waals surface area contributed by atoms with E-state index < -0.39 is 0 Å². The first kappa shape index (κ1) is 14.6. The molecule has 2 aromatic rings. The molecule has 2 heterocycles. The molecule has 0 bridgehead atoms. The van der Waals surface area contributed by atoms with Gasteiger partial charge < -0.3 is 10.6 Å². The van der Waals surface area contributed by atoms with E-state index in [1.807, 2.05) is 5.38 Å². The molecule has 0 saturated heterocycles. The minimum atomic E-state index is -0.326. The van der Waals surface area contributed by atoms with Crippen LogP contribution in [0, 0.1) is 0 Å². The first-order valence-corrected chi connectivity index (χ1v) is 8.94. The van der Waals surface area contributed by atoms with Crippen molar-refractivity contribution in [2.75, 3.05) is 5.32 Å². The van der Waals surface area contributed by atoms with Crippen molar-refractivity contribution in [1.29, 1.82) is 0 Å². The fraction of sp³-hybridized carbons (Fsp3) is 0.500. The topological polar surface area (TPSA) is 79.8 Å². The van der Waals surface area contributed by atoms with E-state index in [0.717, 1.165) is 36.5 Å². The number of anilines is 1. The van der Waals surface area contributed by atoms with Crippen LogP contribution in [-0.4, -0.2) is 21.0 Å². The molecule has 2 aliphatic carbocycles. The average molecular weight is 329 g/mol. The summed E-state index contributed by atoms with van der Waals surface area (Å²) in [6.45, 7) is 0. The van der Waals surface area contributed by atoms with Crippen LogP contribution in [0.25, 0.3) is 0 Å². The predicted octanol–water partition coefficient (Wildman–Crippen LogP) is 3.40. The van der Waals surface area contributed by atoms with Crippen molar-refractivity contribution in [3.05, 3.63) is 34.8 Å². The molecule has 0 aromatic carbocycles. The van der Waals surface area contributed by atoms with Crippen LogP contribution in [0.4, 0.5) is 10.5 Å². The van der Waals surface area contributed by atoms with Gasteiger partial charge in [0.05, 0.1) is 23.6 Å². The summed E-state index contributed by atoms with van der Waals surface area (Å²) >= 11 is 1.60. The molecule has 7 heteroatoms. The SMILES string of the molecule is O=C(Nc1cnc(C2CC2)nc1)NC1(c2nccs2)CCCC1. The minimum Gasteiger partial charge on any atom is -0.326 e. The number of rotatable bonds is 4. The highest BCUT2D eigenvalue weighted by molar-refractivity contribution is 7.09. The second-order valence-corrected chi connectivity index (χ2v) is 7.20. The summed E-state index contributed by atoms with van der Waals surface area (Å²) in [4.78, 5) is 25.5. The van der Waals surface area contributed by atoms with Crippen molar-refractivity contribution in [1.82, 2.24) is 20.3 Å². The fourth-order valence-electron chi connectivity index (χ4n) is 3.17. The molecule has 23 heavy (non-hydrogen) atoms. The first-order chi connectivity index (χ1) is 11.3. The maximum absolute atomic E-state index is 12.4. The quantitative estimate of drug-likeness (QED) is 0.901. The molecule has 2 N–H and O–H groups in total. The minimum absolute atomic E-state index is 0.218. The Balaban J connectivity index is 1.44. The van der Waals surface area contributed by atoms with Crippen molar-refractivity contribution in [3.8, 4) is 0 Å². The highest BCUT2D eigenvalue weighted by Crippen LogP contribution is 2.40. The second-order valence-electron chi connectivity index (χ2n) is 6.31. The van der Waals surface area contributed by atoms with Crippen LogP contribution in [0.2, 0.25) is 0 Å². The Labute approximate surface area is 138 Å². The van der Waals surface area contributed by atoms with Gasteiger partial charge >= 0.3 is 6.03 Å². The summed E-state index contributed by atoms with van der Waals surface area (Å²) < 4.78 is 0. The Hall–Kier alpha value is -2.02. The van der Waals surface area contributed by atoms with Crippen LogP contribution in [-0.2, 0) is 5.54 Å². The number of carbonyl (C=O) groups excluding carboxylic acids is 1. The van der Waals surface area contributed by atoms with Gasteiger partial charge in [0.25, 0.3) is 0 Å². The van der Waals surface area contributed by atoms with E-state index in [1.165, 1.54) is 12.8 Å². The van der Waals surface area contributed by atoms with Gasteiger partial charge in [-0.05, 0) is 25.7 Å². The van der Waals surface area contributed by atoms with Gasteiger partial charge in [0.2, 0.25) is 0 Å². The van der Waals surface area contributed by atoms with Crippen molar-refractivity contribution < 1.29 is 4.79 Å².